The van der Waals surface area contributed by atoms with Gasteiger partial charge in [0.2, 0.25) is 5.91 Å². The number of rotatable bonds is 4. The number of carbonyl (C=O) groups is 1. The van der Waals surface area contributed by atoms with Crippen LogP contribution >= 0.6 is 0 Å². The van der Waals surface area contributed by atoms with E-state index in [0.29, 0.717) is 12.4 Å². The summed E-state index contributed by atoms with van der Waals surface area (Å²) in [6, 6.07) is 8.63. The molecule has 0 unspecified atom stereocenters. The van der Waals surface area contributed by atoms with Crippen molar-refractivity contribution in [2.24, 2.45) is 5.73 Å². The summed E-state index contributed by atoms with van der Waals surface area (Å²) in [5, 5.41) is 6.74. The lowest BCUT2D eigenvalue weighted by atomic mass is 10.1. The first-order chi connectivity index (χ1) is 9.08. The summed E-state index contributed by atoms with van der Waals surface area (Å²) in [5.74, 6) is 1.14. The monoisotopic (exact) mass is 259 g/mol. The van der Waals surface area contributed by atoms with Crippen LogP contribution in [0, 0.1) is 6.92 Å². The Kier molecular flexibility index (Phi) is 3.91. The Morgan fingerprint density at radius 1 is 1.42 bits per heavy atom. The number of nitrogens with zero attached hydrogens (tertiary/aromatic N) is 3. The van der Waals surface area contributed by atoms with Crippen LogP contribution in [0.5, 0.6) is 0 Å². The van der Waals surface area contributed by atoms with E-state index in [1.165, 1.54) is 4.90 Å². The number of benzene rings is 1. The van der Waals surface area contributed by atoms with Gasteiger partial charge >= 0.3 is 0 Å². The van der Waals surface area contributed by atoms with E-state index in [-0.39, 0.29) is 5.91 Å². The van der Waals surface area contributed by atoms with Gasteiger partial charge < -0.3 is 10.6 Å². The summed E-state index contributed by atoms with van der Waals surface area (Å²) in [4.78, 5) is 17.9. The van der Waals surface area contributed by atoms with Crippen LogP contribution in [-0.4, -0.2) is 33.0 Å². The fraction of sp³-hybridized carbons (Fsp3) is 0.308. The second kappa shape index (κ2) is 5.62. The van der Waals surface area contributed by atoms with Gasteiger partial charge in [-0.15, -0.1) is 0 Å². The first-order valence-corrected chi connectivity index (χ1v) is 6.01. The molecule has 1 heterocycles. The maximum Gasteiger partial charge on any atom is 0.244 e. The highest BCUT2D eigenvalue weighted by Crippen LogP contribution is 2.12. The van der Waals surface area contributed by atoms with E-state index in [9.17, 15) is 4.79 Å². The summed E-state index contributed by atoms with van der Waals surface area (Å²) in [6.07, 6.45) is 0. The minimum atomic E-state index is -0.661. The van der Waals surface area contributed by atoms with Crippen LogP contribution in [0.4, 0.5) is 0 Å². The zero-order valence-electron chi connectivity index (χ0n) is 11.0. The number of aromatic amines is 1. The van der Waals surface area contributed by atoms with Gasteiger partial charge in [-0.1, -0.05) is 30.3 Å². The van der Waals surface area contributed by atoms with Crippen molar-refractivity contribution in [3.63, 3.8) is 0 Å². The molecule has 6 heteroatoms. The highest BCUT2D eigenvalue weighted by atomic mass is 16.2. The van der Waals surface area contributed by atoms with Gasteiger partial charge in [0.15, 0.2) is 5.82 Å². The largest absolute Gasteiger partial charge is 0.336 e. The third-order valence-electron chi connectivity index (χ3n) is 2.82. The van der Waals surface area contributed by atoms with Gasteiger partial charge in [-0.2, -0.15) is 5.10 Å². The molecular weight excluding hydrogens is 242 g/mol. The van der Waals surface area contributed by atoms with Crippen LogP contribution in [0.1, 0.15) is 23.3 Å². The van der Waals surface area contributed by atoms with Crippen molar-refractivity contribution in [3.8, 4) is 0 Å². The summed E-state index contributed by atoms with van der Waals surface area (Å²) in [7, 11) is 1.69. The molecule has 1 atom stereocenters. The van der Waals surface area contributed by atoms with E-state index in [0.717, 1.165) is 11.4 Å². The lowest BCUT2D eigenvalue weighted by Gasteiger charge is -2.20. The minimum Gasteiger partial charge on any atom is -0.336 e. The minimum absolute atomic E-state index is 0.159. The maximum absolute atomic E-state index is 12.2. The van der Waals surface area contributed by atoms with Gasteiger partial charge in [0, 0.05) is 7.05 Å². The molecule has 0 saturated heterocycles. The fourth-order valence-electron chi connectivity index (χ4n) is 1.79. The molecule has 100 valence electrons. The van der Waals surface area contributed by atoms with Crippen LogP contribution in [0.2, 0.25) is 0 Å². The van der Waals surface area contributed by atoms with Crippen molar-refractivity contribution in [2.45, 2.75) is 19.5 Å². The molecule has 3 N–H and O–H groups in total. The number of likely N-dealkylation sites (N-methyl/N-ethyl adjacent to an activating group) is 1. The number of aromatic nitrogens is 3. The molecule has 0 aliphatic carbocycles. The number of aryl methyl sites for hydroxylation is 1. The predicted octanol–water partition coefficient (Wildman–Crippen LogP) is 0.772. The molecular formula is C13H17N5O. The predicted molar refractivity (Wildman–Crippen MR) is 71.0 cm³/mol. The first-order valence-electron chi connectivity index (χ1n) is 6.01. The molecule has 2 aromatic rings. The molecule has 1 aromatic heterocycles. The molecule has 1 aromatic carbocycles. The van der Waals surface area contributed by atoms with Crippen molar-refractivity contribution in [1.82, 2.24) is 20.1 Å². The lowest BCUT2D eigenvalue weighted by molar-refractivity contribution is -0.132. The van der Waals surface area contributed by atoms with Crippen LogP contribution in [0.25, 0.3) is 0 Å². The van der Waals surface area contributed by atoms with Crippen LogP contribution in [0.15, 0.2) is 30.3 Å². The van der Waals surface area contributed by atoms with E-state index >= 15 is 0 Å². The average Bonchev–Trinajstić information content (AvgIpc) is 2.83. The van der Waals surface area contributed by atoms with Crippen LogP contribution in [0.3, 0.4) is 0 Å². The second-order valence-electron chi connectivity index (χ2n) is 4.42. The molecule has 0 aliphatic rings. The van der Waals surface area contributed by atoms with E-state index in [2.05, 4.69) is 15.2 Å². The normalized spacial score (nSPS) is 12.2. The Hall–Kier alpha value is -2.21. The van der Waals surface area contributed by atoms with E-state index in [1.807, 2.05) is 37.3 Å². The zero-order chi connectivity index (χ0) is 13.8. The fourth-order valence-corrected chi connectivity index (χ4v) is 1.79. The molecule has 6 nitrogen and oxygen atoms in total. The number of hydrogen-bond donors (Lipinski definition) is 2. The number of nitrogens with two attached hydrogens (primary N) is 1. The van der Waals surface area contributed by atoms with Crippen molar-refractivity contribution in [3.05, 3.63) is 47.5 Å². The Morgan fingerprint density at radius 3 is 2.68 bits per heavy atom. The summed E-state index contributed by atoms with van der Waals surface area (Å²) < 4.78 is 0. The van der Waals surface area contributed by atoms with Gasteiger partial charge in [0.05, 0.1) is 6.54 Å². The quantitative estimate of drug-likeness (QED) is 0.849. The maximum atomic E-state index is 12.2. The number of amides is 1. The van der Waals surface area contributed by atoms with Crippen LogP contribution in [-0.2, 0) is 11.3 Å². The highest BCUT2D eigenvalue weighted by molar-refractivity contribution is 5.82. The second-order valence-corrected chi connectivity index (χ2v) is 4.42. The van der Waals surface area contributed by atoms with Crippen molar-refractivity contribution in [1.29, 1.82) is 0 Å². The SMILES string of the molecule is Cc1nc(CN(C)C(=O)[C@@H](N)c2ccccc2)n[nH]1. The molecule has 0 saturated carbocycles. The number of hydrogen-bond acceptors (Lipinski definition) is 4. The number of nitrogens with one attached hydrogen (secondary N) is 1. The third-order valence-corrected chi connectivity index (χ3v) is 2.82. The Bertz CT molecular complexity index is 551. The average molecular weight is 259 g/mol. The number of H-pyrrole nitrogens is 1. The summed E-state index contributed by atoms with van der Waals surface area (Å²) in [5.41, 5.74) is 6.76. The first kappa shape index (κ1) is 13.2. The van der Waals surface area contributed by atoms with Crippen LogP contribution < -0.4 is 5.73 Å². The topological polar surface area (TPSA) is 87.9 Å². The molecule has 1 amide bonds. The smallest absolute Gasteiger partial charge is 0.244 e. The molecule has 0 aliphatic heterocycles. The molecule has 0 bridgehead atoms. The molecule has 2 rings (SSSR count). The lowest BCUT2D eigenvalue weighted by Crippen LogP contribution is -2.35. The van der Waals surface area contributed by atoms with Gasteiger partial charge in [0.1, 0.15) is 11.9 Å². The van der Waals surface area contributed by atoms with Gasteiger partial charge in [-0.05, 0) is 12.5 Å². The Labute approximate surface area is 111 Å². The van der Waals surface area contributed by atoms with E-state index < -0.39 is 6.04 Å². The van der Waals surface area contributed by atoms with E-state index in [4.69, 9.17) is 5.73 Å². The summed E-state index contributed by atoms with van der Waals surface area (Å²) >= 11 is 0. The van der Waals surface area contributed by atoms with Crippen molar-refractivity contribution in [2.75, 3.05) is 7.05 Å². The Morgan fingerprint density at radius 2 is 2.11 bits per heavy atom. The van der Waals surface area contributed by atoms with Gasteiger partial charge in [0.25, 0.3) is 0 Å². The zero-order valence-corrected chi connectivity index (χ0v) is 11.0. The van der Waals surface area contributed by atoms with Gasteiger partial charge in [-0.3, -0.25) is 9.89 Å². The van der Waals surface area contributed by atoms with Crippen molar-refractivity contribution < 1.29 is 4.79 Å². The number of carbonyl (C=O) groups excluding carboxylic acids is 1. The highest BCUT2D eigenvalue weighted by Gasteiger charge is 2.20. The van der Waals surface area contributed by atoms with E-state index in [1.54, 1.807) is 7.05 Å². The molecule has 0 radical (unpaired) electrons. The standard InChI is InChI=1S/C13H17N5O/c1-9-15-11(17-16-9)8-18(2)13(19)12(14)10-6-4-3-5-7-10/h3-7,12H,8,14H2,1-2H3,(H,15,16,17)/t12-/m0/s1. The third kappa shape index (κ3) is 3.17. The molecule has 0 fully saturated rings. The molecule has 0 spiro atoms. The van der Waals surface area contributed by atoms with Gasteiger partial charge in [-0.25, -0.2) is 4.98 Å². The molecule has 19 heavy (non-hydrogen) atoms. The summed E-state index contributed by atoms with van der Waals surface area (Å²) in [6.45, 7) is 2.15. The van der Waals surface area contributed by atoms with Crippen molar-refractivity contribution >= 4 is 5.91 Å². The Balaban J connectivity index is 2.03.